The van der Waals surface area contributed by atoms with Gasteiger partial charge < -0.3 is 10.6 Å². The summed E-state index contributed by atoms with van der Waals surface area (Å²) in [6.07, 6.45) is 2.86. The van der Waals surface area contributed by atoms with Crippen LogP contribution in [0, 0.1) is 18.3 Å². The second-order valence-corrected chi connectivity index (χ2v) is 4.06. The second kappa shape index (κ2) is 4.35. The minimum Gasteiger partial charge on any atom is -0.368 e. The van der Waals surface area contributed by atoms with E-state index in [2.05, 4.69) is 20.9 Å². The number of aryl methyl sites for hydroxylation is 1. The van der Waals surface area contributed by atoms with Crippen molar-refractivity contribution in [2.24, 2.45) is 0 Å². The Morgan fingerprint density at radius 3 is 2.88 bits per heavy atom. The Hall–Kier alpha value is -1.83. The highest BCUT2D eigenvalue weighted by Crippen LogP contribution is 2.31. The number of hydrogen-bond donors (Lipinski definition) is 1. The van der Waals surface area contributed by atoms with Gasteiger partial charge in [0.2, 0.25) is 5.95 Å². The van der Waals surface area contributed by atoms with Crippen LogP contribution in [0.2, 0.25) is 0 Å². The van der Waals surface area contributed by atoms with Gasteiger partial charge in [0.15, 0.2) is 0 Å². The summed E-state index contributed by atoms with van der Waals surface area (Å²) in [5.74, 6) is 1.15. The third kappa shape index (κ3) is 2.40. The second-order valence-electron chi connectivity index (χ2n) is 4.06. The number of rotatable bonds is 4. The zero-order chi connectivity index (χ0) is 11.5. The fourth-order valence-electron chi connectivity index (χ4n) is 1.76. The van der Waals surface area contributed by atoms with Crippen LogP contribution >= 0.6 is 0 Å². The van der Waals surface area contributed by atoms with Crippen molar-refractivity contribution in [3.05, 3.63) is 11.8 Å². The van der Waals surface area contributed by atoms with E-state index in [9.17, 15) is 0 Å². The van der Waals surface area contributed by atoms with E-state index >= 15 is 0 Å². The van der Waals surface area contributed by atoms with Crippen LogP contribution in [-0.4, -0.2) is 22.6 Å². The highest BCUT2D eigenvalue weighted by Gasteiger charge is 2.29. The molecule has 1 aliphatic rings. The molecule has 0 unspecified atom stereocenters. The highest BCUT2D eigenvalue weighted by molar-refractivity contribution is 5.45. The molecule has 1 saturated carbocycles. The lowest BCUT2D eigenvalue weighted by atomic mass is 10.3. The fraction of sp³-hybridized carbons (Fsp3) is 0.545. The molecule has 1 heterocycles. The van der Waals surface area contributed by atoms with Gasteiger partial charge in [0.25, 0.3) is 0 Å². The van der Waals surface area contributed by atoms with Crippen molar-refractivity contribution in [2.75, 3.05) is 17.2 Å². The van der Waals surface area contributed by atoms with Gasteiger partial charge >= 0.3 is 0 Å². The molecule has 0 aliphatic heterocycles. The Kier molecular flexibility index (Phi) is 2.91. The lowest BCUT2D eigenvalue weighted by Crippen LogP contribution is -2.28. The maximum Gasteiger partial charge on any atom is 0.222 e. The first kappa shape index (κ1) is 10.7. The van der Waals surface area contributed by atoms with Crippen molar-refractivity contribution < 1.29 is 0 Å². The molecular formula is C11H15N5. The first-order valence-electron chi connectivity index (χ1n) is 5.45. The Labute approximate surface area is 94.9 Å². The third-order valence-corrected chi connectivity index (χ3v) is 2.60. The number of nitrogens with zero attached hydrogens (tertiary/aromatic N) is 4. The van der Waals surface area contributed by atoms with E-state index in [1.807, 2.05) is 13.0 Å². The molecule has 84 valence electrons. The predicted octanol–water partition coefficient (Wildman–Crippen LogP) is 1.25. The lowest BCUT2D eigenvalue weighted by Gasteiger charge is -2.22. The molecule has 1 aromatic rings. The lowest BCUT2D eigenvalue weighted by molar-refractivity contribution is 0.775. The van der Waals surface area contributed by atoms with Crippen LogP contribution in [0.25, 0.3) is 0 Å². The predicted molar refractivity (Wildman–Crippen MR) is 61.8 cm³/mol. The summed E-state index contributed by atoms with van der Waals surface area (Å²) in [4.78, 5) is 10.4. The number of nitriles is 1. The molecule has 1 aliphatic carbocycles. The topological polar surface area (TPSA) is 78.8 Å². The molecule has 1 aromatic heterocycles. The van der Waals surface area contributed by atoms with Crippen molar-refractivity contribution >= 4 is 11.8 Å². The number of nitrogen functional groups attached to an aromatic ring is 1. The fourth-order valence-corrected chi connectivity index (χ4v) is 1.76. The Morgan fingerprint density at radius 2 is 2.31 bits per heavy atom. The van der Waals surface area contributed by atoms with E-state index in [0.717, 1.165) is 18.1 Å². The van der Waals surface area contributed by atoms with Gasteiger partial charge in [0, 0.05) is 24.3 Å². The summed E-state index contributed by atoms with van der Waals surface area (Å²) in [6, 6.07) is 4.62. The van der Waals surface area contributed by atoms with Gasteiger partial charge in [-0.2, -0.15) is 10.2 Å². The van der Waals surface area contributed by atoms with Gasteiger partial charge in [-0.1, -0.05) is 0 Å². The van der Waals surface area contributed by atoms with Gasteiger partial charge in [-0.3, -0.25) is 0 Å². The molecule has 5 nitrogen and oxygen atoms in total. The van der Waals surface area contributed by atoms with Gasteiger partial charge in [-0.05, 0) is 19.8 Å². The molecule has 0 radical (unpaired) electrons. The minimum atomic E-state index is 0.303. The summed E-state index contributed by atoms with van der Waals surface area (Å²) >= 11 is 0. The van der Waals surface area contributed by atoms with Crippen molar-refractivity contribution in [1.29, 1.82) is 5.26 Å². The van der Waals surface area contributed by atoms with Crippen LogP contribution in [0.4, 0.5) is 11.8 Å². The zero-order valence-electron chi connectivity index (χ0n) is 9.35. The van der Waals surface area contributed by atoms with E-state index in [0.29, 0.717) is 18.4 Å². The molecule has 0 amide bonds. The standard InChI is InChI=1S/C11H15N5/c1-8-7-10(15-11(13)14-8)16(6-2-5-12)9-3-4-9/h7,9H,2-4,6H2,1H3,(H2,13,14,15). The Balaban J connectivity index is 2.20. The molecule has 0 saturated heterocycles. The van der Waals surface area contributed by atoms with Crippen LogP contribution in [0.3, 0.4) is 0 Å². The van der Waals surface area contributed by atoms with Crippen LogP contribution in [0.5, 0.6) is 0 Å². The van der Waals surface area contributed by atoms with Crippen LogP contribution in [0.15, 0.2) is 6.07 Å². The SMILES string of the molecule is Cc1cc(N(CCC#N)C2CC2)nc(N)n1. The third-order valence-electron chi connectivity index (χ3n) is 2.60. The number of nitrogens with two attached hydrogens (primary N) is 1. The molecule has 0 bridgehead atoms. The largest absolute Gasteiger partial charge is 0.368 e. The maximum absolute atomic E-state index is 8.64. The molecule has 0 spiro atoms. The van der Waals surface area contributed by atoms with Gasteiger partial charge in [-0.15, -0.1) is 0 Å². The van der Waals surface area contributed by atoms with Crippen molar-refractivity contribution in [3.8, 4) is 6.07 Å². The zero-order valence-corrected chi connectivity index (χ0v) is 9.35. The van der Waals surface area contributed by atoms with E-state index in [1.54, 1.807) is 0 Å². The maximum atomic E-state index is 8.64. The normalized spacial score (nSPS) is 14.5. The molecule has 2 N–H and O–H groups in total. The van der Waals surface area contributed by atoms with Gasteiger partial charge in [-0.25, -0.2) is 4.98 Å². The highest BCUT2D eigenvalue weighted by atomic mass is 15.2. The molecule has 2 rings (SSSR count). The molecular weight excluding hydrogens is 202 g/mol. The first-order valence-corrected chi connectivity index (χ1v) is 5.45. The minimum absolute atomic E-state index is 0.303. The quantitative estimate of drug-likeness (QED) is 0.821. The summed E-state index contributed by atoms with van der Waals surface area (Å²) in [6.45, 7) is 2.62. The Morgan fingerprint density at radius 1 is 1.56 bits per heavy atom. The van der Waals surface area contributed by atoms with Crippen LogP contribution < -0.4 is 10.6 Å². The monoisotopic (exact) mass is 217 g/mol. The first-order chi connectivity index (χ1) is 7.70. The Bertz CT molecular complexity index is 399. The van der Waals surface area contributed by atoms with Gasteiger partial charge in [0.05, 0.1) is 12.5 Å². The summed E-state index contributed by atoms with van der Waals surface area (Å²) in [5.41, 5.74) is 6.50. The summed E-state index contributed by atoms with van der Waals surface area (Å²) < 4.78 is 0. The van der Waals surface area contributed by atoms with E-state index in [4.69, 9.17) is 11.0 Å². The van der Waals surface area contributed by atoms with Crippen LogP contribution in [0.1, 0.15) is 25.0 Å². The van der Waals surface area contributed by atoms with Crippen molar-refractivity contribution in [3.63, 3.8) is 0 Å². The molecule has 5 heteroatoms. The smallest absolute Gasteiger partial charge is 0.222 e. The average Bonchev–Trinajstić information content (AvgIpc) is 3.01. The molecule has 0 atom stereocenters. The van der Waals surface area contributed by atoms with Crippen LogP contribution in [-0.2, 0) is 0 Å². The molecule has 0 aromatic carbocycles. The summed E-state index contributed by atoms with van der Waals surface area (Å²) in [7, 11) is 0. The van der Waals surface area contributed by atoms with Crippen molar-refractivity contribution in [2.45, 2.75) is 32.2 Å². The summed E-state index contributed by atoms with van der Waals surface area (Å²) in [5, 5.41) is 8.64. The molecule has 16 heavy (non-hydrogen) atoms. The van der Waals surface area contributed by atoms with E-state index in [1.165, 1.54) is 12.8 Å². The van der Waals surface area contributed by atoms with Gasteiger partial charge in [0.1, 0.15) is 5.82 Å². The number of aromatic nitrogens is 2. The number of anilines is 2. The molecule has 1 fully saturated rings. The van der Waals surface area contributed by atoms with E-state index < -0.39 is 0 Å². The van der Waals surface area contributed by atoms with E-state index in [-0.39, 0.29) is 0 Å². The van der Waals surface area contributed by atoms with Crippen molar-refractivity contribution in [1.82, 2.24) is 9.97 Å². The average molecular weight is 217 g/mol. The number of hydrogen-bond acceptors (Lipinski definition) is 5.